The van der Waals surface area contributed by atoms with Crippen molar-refractivity contribution in [1.82, 2.24) is 5.32 Å². The molecule has 1 unspecified atom stereocenters. The first-order chi connectivity index (χ1) is 10.3. The minimum Gasteiger partial charge on any atom is -0.467 e. The van der Waals surface area contributed by atoms with Gasteiger partial charge in [0, 0.05) is 12.1 Å². The number of hydrogen-bond donors (Lipinski definition) is 1. The van der Waals surface area contributed by atoms with Crippen molar-refractivity contribution in [3.63, 3.8) is 0 Å². The number of nitro benzene ring substituents is 1. The third-order valence-corrected chi connectivity index (χ3v) is 3.22. The molecule has 0 saturated heterocycles. The highest BCUT2D eigenvalue weighted by Gasteiger charge is 2.24. The number of carbonyl (C=O) groups is 2. The van der Waals surface area contributed by atoms with Crippen LogP contribution in [0.1, 0.15) is 30.6 Å². The van der Waals surface area contributed by atoms with E-state index in [4.69, 9.17) is 11.6 Å². The normalized spacial score (nSPS) is 11.9. The van der Waals surface area contributed by atoms with Crippen LogP contribution in [0.25, 0.3) is 0 Å². The molecule has 0 radical (unpaired) electrons. The smallest absolute Gasteiger partial charge is 0.328 e. The van der Waals surface area contributed by atoms with Crippen molar-refractivity contribution < 1.29 is 19.2 Å². The first-order valence-electron chi connectivity index (χ1n) is 6.58. The highest BCUT2D eigenvalue weighted by atomic mass is 35.5. The van der Waals surface area contributed by atoms with Crippen LogP contribution in [0.3, 0.4) is 0 Å². The summed E-state index contributed by atoms with van der Waals surface area (Å²) >= 11 is 5.89. The van der Waals surface area contributed by atoms with E-state index in [1.54, 1.807) is 0 Å². The Bertz CT molecular complexity index is 589. The summed E-state index contributed by atoms with van der Waals surface area (Å²) in [6, 6.07) is 2.71. The van der Waals surface area contributed by atoms with Crippen molar-refractivity contribution in [2.24, 2.45) is 5.92 Å². The van der Waals surface area contributed by atoms with Crippen LogP contribution in [0.5, 0.6) is 0 Å². The van der Waals surface area contributed by atoms with Crippen LogP contribution in [-0.2, 0) is 9.53 Å². The number of hydrogen-bond acceptors (Lipinski definition) is 5. The van der Waals surface area contributed by atoms with Gasteiger partial charge in [-0.3, -0.25) is 14.9 Å². The Morgan fingerprint density at radius 3 is 2.50 bits per heavy atom. The third kappa shape index (κ3) is 4.70. The summed E-state index contributed by atoms with van der Waals surface area (Å²) in [5, 5.41) is 13.1. The fraction of sp³-hybridized carbons (Fsp3) is 0.429. The van der Waals surface area contributed by atoms with E-state index in [1.165, 1.54) is 19.2 Å². The molecule has 0 aliphatic rings. The molecule has 1 amide bonds. The Morgan fingerprint density at radius 1 is 1.41 bits per heavy atom. The van der Waals surface area contributed by atoms with E-state index in [0.717, 1.165) is 6.07 Å². The molecule has 0 fully saturated rings. The molecule has 1 aromatic carbocycles. The van der Waals surface area contributed by atoms with Gasteiger partial charge in [-0.2, -0.15) is 0 Å². The highest BCUT2D eigenvalue weighted by Crippen LogP contribution is 2.22. The second kappa shape index (κ2) is 7.74. The summed E-state index contributed by atoms with van der Waals surface area (Å²) in [5.74, 6) is -0.979. The second-order valence-electron chi connectivity index (χ2n) is 5.10. The fourth-order valence-corrected chi connectivity index (χ4v) is 2.13. The van der Waals surface area contributed by atoms with Crippen LogP contribution in [0.2, 0.25) is 5.02 Å². The van der Waals surface area contributed by atoms with Crippen LogP contribution >= 0.6 is 11.6 Å². The molecule has 1 N–H and O–H groups in total. The van der Waals surface area contributed by atoms with E-state index >= 15 is 0 Å². The average molecular weight is 329 g/mol. The van der Waals surface area contributed by atoms with Gasteiger partial charge >= 0.3 is 5.97 Å². The van der Waals surface area contributed by atoms with Gasteiger partial charge in [-0.1, -0.05) is 25.4 Å². The summed E-state index contributed by atoms with van der Waals surface area (Å²) in [7, 11) is 1.24. The Morgan fingerprint density at radius 2 is 2.05 bits per heavy atom. The average Bonchev–Trinajstić information content (AvgIpc) is 2.44. The van der Waals surface area contributed by atoms with E-state index in [0.29, 0.717) is 6.42 Å². The van der Waals surface area contributed by atoms with Gasteiger partial charge in [0.1, 0.15) is 6.04 Å². The number of esters is 1. The largest absolute Gasteiger partial charge is 0.467 e. The number of ether oxygens (including phenoxy) is 1. The molecular weight excluding hydrogens is 312 g/mol. The van der Waals surface area contributed by atoms with Crippen molar-refractivity contribution in [1.29, 1.82) is 0 Å². The highest BCUT2D eigenvalue weighted by molar-refractivity contribution is 6.34. The van der Waals surface area contributed by atoms with Crippen LogP contribution in [0.4, 0.5) is 5.69 Å². The molecule has 0 aliphatic heterocycles. The Kier molecular flexibility index (Phi) is 6.30. The topological polar surface area (TPSA) is 98.5 Å². The Balaban J connectivity index is 2.94. The Hall–Kier alpha value is -2.15. The number of benzene rings is 1. The van der Waals surface area contributed by atoms with E-state index in [1.807, 2.05) is 13.8 Å². The number of rotatable bonds is 6. The van der Waals surface area contributed by atoms with Gasteiger partial charge in [0.25, 0.3) is 11.6 Å². The van der Waals surface area contributed by atoms with E-state index in [2.05, 4.69) is 10.1 Å². The standard InChI is InChI=1S/C14H17ClN2O5/c1-8(2)6-12(14(19)22-3)16-13(18)10-5-4-9(17(20)21)7-11(10)15/h4-5,7-8,12H,6H2,1-3H3,(H,16,18). The predicted molar refractivity (Wildman–Crippen MR) is 80.8 cm³/mol. The van der Waals surface area contributed by atoms with Gasteiger partial charge in [0.05, 0.1) is 22.6 Å². The van der Waals surface area contributed by atoms with Gasteiger partial charge in [-0.05, 0) is 18.4 Å². The maximum Gasteiger partial charge on any atom is 0.328 e. The summed E-state index contributed by atoms with van der Waals surface area (Å²) in [6.07, 6.45) is 0.406. The van der Waals surface area contributed by atoms with E-state index in [-0.39, 0.29) is 22.2 Å². The lowest BCUT2D eigenvalue weighted by Crippen LogP contribution is -2.42. The lowest BCUT2D eigenvalue weighted by Gasteiger charge is -2.18. The van der Waals surface area contributed by atoms with E-state index < -0.39 is 22.8 Å². The summed E-state index contributed by atoms with van der Waals surface area (Å²) in [4.78, 5) is 33.9. The molecule has 0 saturated carbocycles. The van der Waals surface area contributed by atoms with Crippen LogP contribution in [-0.4, -0.2) is 30.0 Å². The van der Waals surface area contributed by atoms with Crippen LogP contribution in [0, 0.1) is 16.0 Å². The molecule has 22 heavy (non-hydrogen) atoms. The monoisotopic (exact) mass is 328 g/mol. The molecule has 1 atom stereocenters. The SMILES string of the molecule is COC(=O)C(CC(C)C)NC(=O)c1ccc([N+](=O)[O-])cc1Cl. The molecule has 7 nitrogen and oxygen atoms in total. The number of methoxy groups -OCH3 is 1. The van der Waals surface area contributed by atoms with E-state index in [9.17, 15) is 19.7 Å². The van der Waals surface area contributed by atoms with Crippen molar-refractivity contribution >= 4 is 29.2 Å². The molecule has 120 valence electrons. The first-order valence-corrected chi connectivity index (χ1v) is 6.96. The fourth-order valence-electron chi connectivity index (χ4n) is 1.87. The van der Waals surface area contributed by atoms with Crippen molar-refractivity contribution in [2.75, 3.05) is 7.11 Å². The number of amides is 1. The molecule has 0 aromatic heterocycles. The zero-order valence-corrected chi connectivity index (χ0v) is 13.2. The maximum absolute atomic E-state index is 12.2. The van der Waals surface area contributed by atoms with Gasteiger partial charge in [-0.25, -0.2) is 4.79 Å². The number of non-ortho nitro benzene ring substituents is 1. The summed E-state index contributed by atoms with van der Waals surface area (Å²) in [6.45, 7) is 3.81. The lowest BCUT2D eigenvalue weighted by molar-refractivity contribution is -0.384. The van der Waals surface area contributed by atoms with Crippen molar-refractivity contribution in [3.8, 4) is 0 Å². The Labute approximate surface area is 132 Å². The summed E-state index contributed by atoms with van der Waals surface area (Å²) in [5.41, 5.74) is -0.154. The second-order valence-corrected chi connectivity index (χ2v) is 5.51. The zero-order valence-electron chi connectivity index (χ0n) is 12.5. The molecule has 0 spiro atoms. The molecule has 1 rings (SSSR count). The van der Waals surface area contributed by atoms with Gasteiger partial charge in [-0.15, -0.1) is 0 Å². The number of nitro groups is 1. The van der Waals surface area contributed by atoms with Gasteiger partial charge in [0.2, 0.25) is 0 Å². The number of nitrogens with zero attached hydrogens (tertiary/aromatic N) is 1. The van der Waals surface area contributed by atoms with Crippen LogP contribution in [0.15, 0.2) is 18.2 Å². The molecule has 0 aliphatic carbocycles. The summed E-state index contributed by atoms with van der Waals surface area (Å²) < 4.78 is 4.65. The lowest BCUT2D eigenvalue weighted by atomic mass is 10.0. The zero-order chi connectivity index (χ0) is 16.9. The molecule has 0 heterocycles. The van der Waals surface area contributed by atoms with Crippen molar-refractivity contribution in [2.45, 2.75) is 26.3 Å². The molecule has 8 heteroatoms. The van der Waals surface area contributed by atoms with Crippen molar-refractivity contribution in [3.05, 3.63) is 38.9 Å². The minimum absolute atomic E-state index is 0.0557. The number of halogens is 1. The quantitative estimate of drug-likeness (QED) is 0.491. The van der Waals surface area contributed by atoms with Crippen LogP contribution < -0.4 is 5.32 Å². The molecular formula is C14H17ClN2O5. The number of nitrogens with one attached hydrogen (secondary N) is 1. The molecule has 0 bridgehead atoms. The minimum atomic E-state index is -0.802. The van der Waals surface area contributed by atoms with Gasteiger partial charge in [0.15, 0.2) is 0 Å². The molecule has 1 aromatic rings. The maximum atomic E-state index is 12.2. The first kappa shape index (κ1) is 17.9. The predicted octanol–water partition coefficient (Wildman–Crippen LogP) is 2.57. The number of carbonyl (C=O) groups excluding carboxylic acids is 2. The van der Waals surface area contributed by atoms with Gasteiger partial charge < -0.3 is 10.1 Å². The third-order valence-electron chi connectivity index (χ3n) is 2.91.